The zero-order chi connectivity index (χ0) is 41.8. The Morgan fingerprint density at radius 1 is 0.536 bits per heavy atom. The number of hydrogen-bond donors (Lipinski definition) is 2. The average Bonchev–Trinajstić information content (AvgIpc) is 3.17. The Bertz CT molecular complexity index is 2430. The fourth-order valence-corrected chi connectivity index (χ4v) is 5.50. The molecular formula is C34H24N4O16S2. The van der Waals surface area contributed by atoms with Crippen molar-refractivity contribution >= 4 is 55.3 Å². The second-order valence-corrected chi connectivity index (χ2v) is 13.2. The first-order chi connectivity index (χ1) is 26.4. The van der Waals surface area contributed by atoms with E-state index in [1.165, 1.54) is 0 Å². The van der Waals surface area contributed by atoms with Crippen molar-refractivity contribution in [1.82, 2.24) is 0 Å². The van der Waals surface area contributed by atoms with Crippen LogP contribution in [-0.4, -0.2) is 90.5 Å². The van der Waals surface area contributed by atoms with E-state index in [1.807, 2.05) is 0 Å². The van der Waals surface area contributed by atoms with Gasteiger partial charge in [-0.1, -0.05) is 0 Å². The van der Waals surface area contributed by atoms with Crippen LogP contribution in [0, 0.1) is 45.3 Å². The molecule has 0 aliphatic heterocycles. The molecule has 0 saturated carbocycles. The summed E-state index contributed by atoms with van der Waals surface area (Å²) in [6.45, 7) is -2.12. The van der Waals surface area contributed by atoms with E-state index in [-0.39, 0.29) is 21.9 Å². The first-order valence-electron chi connectivity index (χ1n) is 15.0. The highest BCUT2D eigenvalue weighted by atomic mass is 32.2. The zero-order valence-electron chi connectivity index (χ0n) is 28.7. The lowest BCUT2D eigenvalue weighted by Crippen LogP contribution is -2.23. The minimum absolute atomic E-state index is 0.220. The van der Waals surface area contributed by atoms with E-state index in [9.17, 15) is 66.2 Å². The van der Waals surface area contributed by atoms with Crippen molar-refractivity contribution in [1.29, 1.82) is 21.0 Å². The molecule has 0 radical (unpaired) electrons. The molecular weight excluding hydrogens is 785 g/mol. The van der Waals surface area contributed by atoms with Gasteiger partial charge >= 0.3 is 23.9 Å². The molecule has 0 unspecified atom stereocenters. The summed E-state index contributed by atoms with van der Waals surface area (Å²) < 4.78 is 95.2. The minimum Gasteiger partial charge on any atom is -0.489 e. The van der Waals surface area contributed by atoms with Gasteiger partial charge in [0.05, 0.1) is 46.3 Å². The van der Waals surface area contributed by atoms with Crippen LogP contribution in [0.1, 0.15) is 41.4 Å². The number of benzene rings is 3. The van der Waals surface area contributed by atoms with E-state index in [4.69, 9.17) is 18.9 Å². The van der Waals surface area contributed by atoms with Gasteiger partial charge in [0.25, 0.3) is 20.2 Å². The number of carbonyl (C=O) groups excluding carboxylic acids is 4. The summed E-state index contributed by atoms with van der Waals surface area (Å²) >= 11 is 0. The molecule has 0 atom stereocenters. The van der Waals surface area contributed by atoms with Crippen molar-refractivity contribution in [3.05, 3.63) is 81.2 Å². The molecule has 288 valence electrons. The molecule has 2 N–H and O–H groups in total. The van der Waals surface area contributed by atoms with Crippen molar-refractivity contribution in [2.24, 2.45) is 0 Å². The third-order valence-electron chi connectivity index (χ3n) is 7.04. The lowest BCUT2D eigenvalue weighted by atomic mass is 10.1. The van der Waals surface area contributed by atoms with Gasteiger partial charge in [0.2, 0.25) is 0 Å². The first-order valence-corrected chi connectivity index (χ1v) is 17.9. The van der Waals surface area contributed by atoms with E-state index in [2.05, 4.69) is 9.47 Å². The zero-order valence-corrected chi connectivity index (χ0v) is 30.3. The molecule has 0 aromatic heterocycles. The number of methoxy groups -OCH3 is 2. The van der Waals surface area contributed by atoms with Gasteiger partial charge in [0.1, 0.15) is 73.3 Å². The molecule has 0 aliphatic rings. The molecule has 3 rings (SSSR count). The summed E-state index contributed by atoms with van der Waals surface area (Å²) in [5.41, 5.74) is -3.06. The van der Waals surface area contributed by atoms with Crippen LogP contribution in [-0.2, 0) is 39.2 Å². The Kier molecular flexibility index (Phi) is 14.3. The number of nitriles is 4. The molecule has 56 heavy (non-hydrogen) atoms. The molecule has 20 nitrogen and oxygen atoms in total. The van der Waals surface area contributed by atoms with E-state index in [0.717, 1.165) is 50.6 Å². The van der Waals surface area contributed by atoms with Crippen molar-refractivity contribution in [3.63, 3.8) is 0 Å². The highest BCUT2D eigenvalue weighted by molar-refractivity contribution is 7.86. The molecule has 0 bridgehead atoms. The molecule has 0 amide bonds. The van der Waals surface area contributed by atoms with Gasteiger partial charge in [0, 0.05) is 10.4 Å². The fourth-order valence-electron chi connectivity index (χ4n) is 4.49. The van der Waals surface area contributed by atoms with Crippen LogP contribution >= 0.6 is 0 Å². The smallest absolute Gasteiger partial charge is 0.339 e. The summed E-state index contributed by atoms with van der Waals surface area (Å²) in [7, 11) is -7.60. The average molecular weight is 809 g/mol. The van der Waals surface area contributed by atoms with Crippen molar-refractivity contribution in [2.45, 2.75) is 9.79 Å². The van der Waals surface area contributed by atoms with Crippen LogP contribution in [0.3, 0.4) is 0 Å². The fraction of sp³-hybridized carbons (Fsp3) is 0.176. The van der Waals surface area contributed by atoms with E-state index >= 15 is 0 Å². The Morgan fingerprint density at radius 2 is 0.875 bits per heavy atom. The van der Waals surface area contributed by atoms with E-state index in [1.54, 1.807) is 24.3 Å². The van der Waals surface area contributed by atoms with Crippen LogP contribution in [0.25, 0.3) is 11.1 Å². The predicted octanol–water partition coefficient (Wildman–Crippen LogP) is 0.621. The molecule has 22 heteroatoms. The lowest BCUT2D eigenvalue weighted by molar-refractivity contribution is 0.0431. The summed E-state index contributed by atoms with van der Waals surface area (Å²) in [5, 5.41) is 38.0. The maximum atomic E-state index is 12.8. The van der Waals surface area contributed by atoms with Crippen LogP contribution in [0.15, 0.2) is 58.3 Å². The number of esters is 4. The Balaban J connectivity index is 1.88. The number of rotatable bonds is 14. The Hall–Kier alpha value is -7.34. The number of ether oxygens (including phenoxy) is 6. The molecule has 0 spiro atoms. The van der Waals surface area contributed by atoms with Gasteiger partial charge in [-0.05, 0) is 48.5 Å². The monoisotopic (exact) mass is 808 g/mol. The normalized spacial score (nSPS) is 10.6. The third-order valence-corrected chi connectivity index (χ3v) is 8.74. The topological polar surface area (TPSA) is 328 Å². The molecule has 3 aromatic carbocycles. The van der Waals surface area contributed by atoms with Crippen molar-refractivity contribution < 1.29 is 73.5 Å². The van der Waals surface area contributed by atoms with Crippen LogP contribution in [0.2, 0.25) is 0 Å². The second-order valence-electron chi connectivity index (χ2n) is 10.4. The summed E-state index contributed by atoms with van der Waals surface area (Å²) in [4.78, 5) is 48.6. The SMILES string of the molecule is COC(=O)c1cc(S(=O)(=O)O)ccc1C(=O)OCCOc1cc(=C(C#N)C#N)c(OCCOC(=O)c2ccc(S(=O)(=O)O)cc2C(=O)OC)cc1=C(C#N)C#N. The molecule has 0 fully saturated rings. The Morgan fingerprint density at radius 3 is 1.16 bits per heavy atom. The van der Waals surface area contributed by atoms with Crippen LogP contribution < -0.4 is 19.9 Å². The van der Waals surface area contributed by atoms with E-state index in [0.29, 0.717) is 12.1 Å². The highest BCUT2D eigenvalue weighted by Gasteiger charge is 2.24. The molecule has 0 aliphatic carbocycles. The maximum Gasteiger partial charge on any atom is 0.339 e. The van der Waals surface area contributed by atoms with Gasteiger partial charge < -0.3 is 28.4 Å². The third kappa shape index (κ3) is 10.4. The number of nitrogens with zero attached hydrogens (tertiary/aromatic N) is 4. The van der Waals surface area contributed by atoms with Crippen molar-refractivity contribution in [3.8, 4) is 35.8 Å². The predicted molar refractivity (Wildman–Crippen MR) is 182 cm³/mol. The van der Waals surface area contributed by atoms with Crippen LogP contribution in [0.5, 0.6) is 11.5 Å². The quantitative estimate of drug-likeness (QED) is 0.0975. The Labute approximate surface area is 316 Å². The standard InChI is InChI=1S/C34H24N4O16S2/c1-49-31(39)27-11-21(55(43,44)45)3-5-23(27)33(41)53-9-7-51-29-13-26(20(17-37)18-38)30(14-25(29)19(15-35)16-36)52-8-10-54-34(42)24-6-4-22(56(46,47)48)12-28(24)32(40)50-2/h3-6,11-14H,7-10H2,1-2H3,(H,43,44,45)(H,46,47,48). The summed E-state index contributed by atoms with van der Waals surface area (Å²) in [5.74, 6) is -5.10. The second kappa shape index (κ2) is 18.6. The highest BCUT2D eigenvalue weighted by Crippen LogP contribution is 2.20. The van der Waals surface area contributed by atoms with Gasteiger partial charge in [-0.15, -0.1) is 0 Å². The molecule has 0 saturated heterocycles. The van der Waals surface area contributed by atoms with Crippen molar-refractivity contribution in [2.75, 3.05) is 40.6 Å². The largest absolute Gasteiger partial charge is 0.489 e. The van der Waals surface area contributed by atoms with Crippen LogP contribution in [0.4, 0.5) is 0 Å². The lowest BCUT2D eigenvalue weighted by Gasteiger charge is -2.13. The minimum atomic E-state index is -4.76. The molecule has 0 heterocycles. The molecule has 3 aromatic rings. The maximum absolute atomic E-state index is 12.8. The summed E-state index contributed by atoms with van der Waals surface area (Å²) in [6.07, 6.45) is 0. The van der Waals surface area contributed by atoms with E-state index < -0.39 is 114 Å². The first kappa shape index (κ1) is 43.1. The summed E-state index contributed by atoms with van der Waals surface area (Å²) in [6, 6.07) is 13.6. The van der Waals surface area contributed by atoms with Gasteiger partial charge in [0.15, 0.2) is 0 Å². The van der Waals surface area contributed by atoms with Gasteiger partial charge in [-0.3, -0.25) is 9.11 Å². The van der Waals surface area contributed by atoms with Gasteiger partial charge in [-0.25, -0.2) is 19.2 Å². The van der Waals surface area contributed by atoms with Gasteiger partial charge in [-0.2, -0.15) is 37.9 Å². The number of carbonyl (C=O) groups is 4. The number of hydrogen-bond acceptors (Lipinski definition) is 18.